The van der Waals surface area contributed by atoms with Crippen LogP contribution in [0.25, 0.3) is 0 Å². The number of aliphatic hydroxyl groups excluding tert-OH is 4. The van der Waals surface area contributed by atoms with Crippen molar-refractivity contribution in [3.63, 3.8) is 0 Å². The molecule has 4 nitrogen and oxygen atoms in total. The van der Waals surface area contributed by atoms with Gasteiger partial charge in [0.15, 0.2) is 0 Å². The van der Waals surface area contributed by atoms with Crippen LogP contribution < -0.4 is 0 Å². The van der Waals surface area contributed by atoms with Gasteiger partial charge in [0.05, 0.1) is 6.61 Å². The lowest BCUT2D eigenvalue weighted by Crippen LogP contribution is -2.43. The molecule has 0 unspecified atom stereocenters. The second kappa shape index (κ2) is 6.39. The summed E-state index contributed by atoms with van der Waals surface area (Å²) in [5.74, 6) is 0. The van der Waals surface area contributed by atoms with Crippen LogP contribution in [0.3, 0.4) is 0 Å². The number of thiocarbonyl (C=S) groups is 1. The Labute approximate surface area is 82.8 Å². The Kier molecular flexibility index (Phi) is 6.36. The Morgan fingerprint density at radius 1 is 1.31 bits per heavy atom. The van der Waals surface area contributed by atoms with E-state index >= 15 is 0 Å². The highest BCUT2D eigenvalue weighted by atomic mass is 32.1. The Bertz CT molecular complexity index is 162. The molecule has 0 aromatic heterocycles. The third-order valence-electron chi connectivity index (χ3n) is 1.73. The quantitative estimate of drug-likeness (QED) is 0.431. The van der Waals surface area contributed by atoms with Gasteiger partial charge in [0, 0.05) is 4.86 Å². The van der Waals surface area contributed by atoms with Crippen LogP contribution in [0, 0.1) is 0 Å². The second-order valence-electron chi connectivity index (χ2n) is 2.90. The van der Waals surface area contributed by atoms with E-state index in [1.165, 1.54) is 0 Å². The molecule has 4 N–H and O–H groups in total. The van der Waals surface area contributed by atoms with E-state index < -0.39 is 24.9 Å². The molecule has 0 bridgehead atoms. The molecule has 0 heterocycles. The third-order valence-corrected chi connectivity index (χ3v) is 2.18. The predicted molar refractivity (Wildman–Crippen MR) is 52.6 cm³/mol. The molecule has 13 heavy (non-hydrogen) atoms. The molecule has 0 rings (SSSR count). The zero-order valence-corrected chi connectivity index (χ0v) is 8.37. The van der Waals surface area contributed by atoms with E-state index in [9.17, 15) is 10.2 Å². The monoisotopic (exact) mass is 208 g/mol. The van der Waals surface area contributed by atoms with Gasteiger partial charge in [-0.2, -0.15) is 0 Å². The summed E-state index contributed by atoms with van der Waals surface area (Å²) in [7, 11) is 0. The van der Waals surface area contributed by atoms with Gasteiger partial charge in [-0.25, -0.2) is 0 Å². The fourth-order valence-corrected chi connectivity index (χ4v) is 1.25. The van der Waals surface area contributed by atoms with Gasteiger partial charge in [0.2, 0.25) is 0 Å². The van der Waals surface area contributed by atoms with Crippen molar-refractivity contribution in [3.8, 4) is 0 Å². The van der Waals surface area contributed by atoms with E-state index in [-0.39, 0.29) is 0 Å². The van der Waals surface area contributed by atoms with E-state index in [0.717, 1.165) is 6.42 Å². The molecular formula is C8H16O4S. The van der Waals surface area contributed by atoms with Crippen molar-refractivity contribution in [2.24, 2.45) is 0 Å². The van der Waals surface area contributed by atoms with Gasteiger partial charge in [-0.3, -0.25) is 0 Å². The lowest BCUT2D eigenvalue weighted by molar-refractivity contribution is -0.0552. The lowest BCUT2D eigenvalue weighted by Gasteiger charge is -2.21. The van der Waals surface area contributed by atoms with Gasteiger partial charge in [-0.05, 0) is 6.42 Å². The average molecular weight is 208 g/mol. The molecule has 0 spiro atoms. The minimum Gasteiger partial charge on any atom is -0.394 e. The van der Waals surface area contributed by atoms with Crippen molar-refractivity contribution < 1.29 is 20.4 Å². The zero-order valence-electron chi connectivity index (χ0n) is 7.55. The van der Waals surface area contributed by atoms with E-state index in [4.69, 9.17) is 22.4 Å². The molecule has 0 saturated carbocycles. The van der Waals surface area contributed by atoms with Crippen molar-refractivity contribution in [2.75, 3.05) is 6.61 Å². The van der Waals surface area contributed by atoms with Crippen molar-refractivity contribution in [2.45, 2.75) is 38.1 Å². The Morgan fingerprint density at radius 2 is 1.85 bits per heavy atom. The Hall–Kier alpha value is -0.0700. The van der Waals surface area contributed by atoms with Crippen molar-refractivity contribution in [3.05, 3.63) is 0 Å². The minimum absolute atomic E-state index is 0.308. The molecule has 0 aromatic rings. The van der Waals surface area contributed by atoms with Gasteiger partial charge < -0.3 is 20.4 Å². The molecule has 78 valence electrons. The van der Waals surface area contributed by atoms with Crippen molar-refractivity contribution >= 4 is 17.1 Å². The topological polar surface area (TPSA) is 80.9 Å². The summed E-state index contributed by atoms with van der Waals surface area (Å²) >= 11 is 4.82. The summed E-state index contributed by atoms with van der Waals surface area (Å²) in [4.78, 5) is 0.308. The predicted octanol–water partition coefficient (Wildman–Crippen LogP) is -0.769. The molecule has 3 atom stereocenters. The normalized spacial score (nSPS) is 17.9. The van der Waals surface area contributed by atoms with Gasteiger partial charge in [0.25, 0.3) is 0 Å². The molecule has 0 aliphatic carbocycles. The van der Waals surface area contributed by atoms with Crippen LogP contribution in [0.15, 0.2) is 0 Å². The molecule has 0 saturated heterocycles. The molecular weight excluding hydrogens is 192 g/mol. The molecule has 0 aliphatic heterocycles. The molecule has 0 aromatic carbocycles. The van der Waals surface area contributed by atoms with Gasteiger partial charge in [-0.1, -0.05) is 25.6 Å². The van der Waals surface area contributed by atoms with Crippen molar-refractivity contribution in [1.82, 2.24) is 0 Å². The molecule has 5 heteroatoms. The van der Waals surface area contributed by atoms with Crippen LogP contribution in [0.5, 0.6) is 0 Å². The standard InChI is InChI=1S/C8H16O4S/c1-2-3-6(13)8(12)7(11)5(10)4-9/h5,7-12H,2-4H2,1H3/t5-,7-,8+/m1/s1. The third kappa shape index (κ3) is 4.10. The minimum atomic E-state index is -1.40. The first-order valence-electron chi connectivity index (χ1n) is 4.22. The molecule has 0 radical (unpaired) electrons. The molecule has 0 amide bonds. The SMILES string of the molecule is CCCC(=S)[C@H](O)[C@H](O)[C@H](O)CO. The highest BCUT2D eigenvalue weighted by molar-refractivity contribution is 7.80. The van der Waals surface area contributed by atoms with E-state index in [1.807, 2.05) is 6.92 Å². The van der Waals surface area contributed by atoms with Crippen LogP contribution in [0.4, 0.5) is 0 Å². The first-order chi connectivity index (χ1) is 6.04. The summed E-state index contributed by atoms with van der Waals surface area (Å²) in [6, 6.07) is 0. The highest BCUT2D eigenvalue weighted by Gasteiger charge is 2.26. The van der Waals surface area contributed by atoms with E-state index in [0.29, 0.717) is 11.3 Å². The number of hydrogen-bond acceptors (Lipinski definition) is 5. The smallest absolute Gasteiger partial charge is 0.114 e. The van der Waals surface area contributed by atoms with Crippen LogP contribution in [0.2, 0.25) is 0 Å². The first kappa shape index (κ1) is 12.9. The van der Waals surface area contributed by atoms with Crippen LogP contribution in [-0.4, -0.2) is 50.2 Å². The maximum Gasteiger partial charge on any atom is 0.114 e. The van der Waals surface area contributed by atoms with Crippen LogP contribution >= 0.6 is 12.2 Å². The first-order valence-corrected chi connectivity index (χ1v) is 4.63. The molecule has 0 aliphatic rings. The molecule has 0 fully saturated rings. The summed E-state index contributed by atoms with van der Waals surface area (Å²) < 4.78 is 0. The maximum atomic E-state index is 9.36. The average Bonchev–Trinajstić information content (AvgIpc) is 2.14. The Morgan fingerprint density at radius 3 is 2.23 bits per heavy atom. The summed E-state index contributed by atoms with van der Waals surface area (Å²) in [5.41, 5.74) is 0. The summed E-state index contributed by atoms with van der Waals surface area (Å²) in [6.07, 6.45) is -2.69. The number of hydrogen-bond donors (Lipinski definition) is 4. The van der Waals surface area contributed by atoms with E-state index in [1.54, 1.807) is 0 Å². The van der Waals surface area contributed by atoms with Crippen LogP contribution in [-0.2, 0) is 0 Å². The number of aliphatic hydroxyl groups is 4. The number of rotatable bonds is 6. The highest BCUT2D eigenvalue weighted by Crippen LogP contribution is 2.06. The second-order valence-corrected chi connectivity index (χ2v) is 3.43. The fraction of sp³-hybridized carbons (Fsp3) is 0.875. The van der Waals surface area contributed by atoms with Crippen LogP contribution in [0.1, 0.15) is 19.8 Å². The van der Waals surface area contributed by atoms with Gasteiger partial charge in [-0.15, -0.1) is 0 Å². The largest absolute Gasteiger partial charge is 0.394 e. The lowest BCUT2D eigenvalue weighted by atomic mass is 10.0. The van der Waals surface area contributed by atoms with Gasteiger partial charge in [0.1, 0.15) is 18.3 Å². The fourth-order valence-electron chi connectivity index (χ4n) is 0.903. The van der Waals surface area contributed by atoms with Crippen molar-refractivity contribution in [1.29, 1.82) is 0 Å². The maximum absolute atomic E-state index is 9.36. The summed E-state index contributed by atoms with van der Waals surface area (Å²) in [6.45, 7) is 1.31. The van der Waals surface area contributed by atoms with E-state index in [2.05, 4.69) is 0 Å². The Balaban J connectivity index is 4.07. The van der Waals surface area contributed by atoms with Gasteiger partial charge >= 0.3 is 0 Å². The zero-order chi connectivity index (χ0) is 10.4. The summed E-state index contributed by atoms with van der Waals surface area (Å²) in [5, 5.41) is 36.1.